The monoisotopic (exact) mass is 415 g/mol. The van der Waals surface area contributed by atoms with Crippen LogP contribution in [0.25, 0.3) is 0 Å². The Balaban J connectivity index is 1.32. The van der Waals surface area contributed by atoms with Crippen LogP contribution >= 0.6 is 11.6 Å². The molecule has 0 saturated carbocycles. The lowest BCUT2D eigenvalue weighted by Gasteiger charge is -2.35. The minimum Gasteiger partial charge on any atom is -0.484 e. The fourth-order valence-corrected chi connectivity index (χ4v) is 3.88. The highest BCUT2D eigenvalue weighted by Crippen LogP contribution is 2.23. The first kappa shape index (κ1) is 19.8. The minimum absolute atomic E-state index is 0.00350. The summed E-state index contributed by atoms with van der Waals surface area (Å²) in [6.45, 7) is 6.92. The van der Waals surface area contributed by atoms with Crippen molar-refractivity contribution in [3.05, 3.63) is 41.2 Å². The Labute approximate surface area is 176 Å². The molecule has 0 bridgehead atoms. The van der Waals surface area contributed by atoms with Crippen LogP contribution in [0.15, 0.2) is 30.3 Å². The molecule has 0 N–H and O–H groups in total. The van der Waals surface area contributed by atoms with Crippen LogP contribution in [0, 0.1) is 6.92 Å². The predicted octanol–water partition coefficient (Wildman–Crippen LogP) is 2.77. The van der Waals surface area contributed by atoms with Crippen LogP contribution in [0.3, 0.4) is 0 Å². The van der Waals surface area contributed by atoms with E-state index in [2.05, 4.69) is 25.8 Å². The van der Waals surface area contributed by atoms with Gasteiger partial charge in [0.2, 0.25) is 0 Å². The van der Waals surface area contributed by atoms with Crippen molar-refractivity contribution in [3.63, 3.8) is 0 Å². The summed E-state index contributed by atoms with van der Waals surface area (Å²) in [5, 5.41) is 0.646. The van der Waals surface area contributed by atoms with Crippen LogP contribution in [0.4, 0.5) is 11.6 Å². The summed E-state index contributed by atoms with van der Waals surface area (Å²) < 4.78 is 5.59. The molecular formula is C21H26ClN5O2. The molecule has 0 spiro atoms. The normalized spacial score (nSPS) is 17.0. The summed E-state index contributed by atoms with van der Waals surface area (Å²) >= 11 is 5.87. The van der Waals surface area contributed by atoms with Gasteiger partial charge in [-0.05, 0) is 44.0 Å². The van der Waals surface area contributed by atoms with Gasteiger partial charge in [0.05, 0.1) is 0 Å². The number of piperazine rings is 1. The second kappa shape index (κ2) is 8.86. The van der Waals surface area contributed by atoms with Crippen molar-refractivity contribution < 1.29 is 9.53 Å². The van der Waals surface area contributed by atoms with Crippen molar-refractivity contribution in [2.45, 2.75) is 19.8 Å². The smallest absolute Gasteiger partial charge is 0.260 e. The predicted molar refractivity (Wildman–Crippen MR) is 114 cm³/mol. The Kier molecular flexibility index (Phi) is 6.04. The summed E-state index contributed by atoms with van der Waals surface area (Å²) in [4.78, 5) is 28.1. The maximum absolute atomic E-state index is 12.5. The molecule has 2 aromatic rings. The number of benzene rings is 1. The first-order chi connectivity index (χ1) is 14.1. The molecular weight excluding hydrogens is 390 g/mol. The lowest BCUT2D eigenvalue weighted by atomic mass is 10.3. The zero-order valence-corrected chi connectivity index (χ0v) is 17.4. The van der Waals surface area contributed by atoms with E-state index in [9.17, 15) is 4.79 Å². The molecule has 8 heteroatoms. The van der Waals surface area contributed by atoms with Gasteiger partial charge in [-0.2, -0.15) is 0 Å². The van der Waals surface area contributed by atoms with Gasteiger partial charge in [-0.25, -0.2) is 9.97 Å². The van der Waals surface area contributed by atoms with Crippen molar-refractivity contribution in [3.8, 4) is 5.75 Å². The van der Waals surface area contributed by atoms with E-state index in [1.807, 2.05) is 11.8 Å². The molecule has 2 saturated heterocycles. The Morgan fingerprint density at radius 3 is 2.17 bits per heavy atom. The van der Waals surface area contributed by atoms with Crippen LogP contribution in [0.5, 0.6) is 5.75 Å². The van der Waals surface area contributed by atoms with Gasteiger partial charge in [-0.15, -0.1) is 0 Å². The van der Waals surface area contributed by atoms with Gasteiger partial charge in [0.1, 0.15) is 23.2 Å². The van der Waals surface area contributed by atoms with Crippen LogP contribution in [-0.4, -0.2) is 66.7 Å². The summed E-state index contributed by atoms with van der Waals surface area (Å²) in [6.07, 6.45) is 2.44. The van der Waals surface area contributed by atoms with E-state index in [-0.39, 0.29) is 12.5 Å². The van der Waals surface area contributed by atoms with Crippen molar-refractivity contribution in [2.75, 3.05) is 55.7 Å². The molecule has 0 radical (unpaired) electrons. The molecule has 29 heavy (non-hydrogen) atoms. The third-order valence-electron chi connectivity index (χ3n) is 5.37. The number of hydrogen-bond acceptors (Lipinski definition) is 6. The van der Waals surface area contributed by atoms with Gasteiger partial charge in [0, 0.05) is 50.4 Å². The molecule has 2 fully saturated rings. The molecule has 3 heterocycles. The van der Waals surface area contributed by atoms with E-state index in [0.717, 1.165) is 43.6 Å². The van der Waals surface area contributed by atoms with E-state index in [0.29, 0.717) is 23.9 Å². The van der Waals surface area contributed by atoms with E-state index in [1.54, 1.807) is 24.3 Å². The quantitative estimate of drug-likeness (QED) is 0.748. The summed E-state index contributed by atoms with van der Waals surface area (Å²) in [5.41, 5.74) is 0. The number of aromatic nitrogens is 2. The number of ether oxygens (including phenoxy) is 1. The summed E-state index contributed by atoms with van der Waals surface area (Å²) in [7, 11) is 0. The third kappa shape index (κ3) is 4.90. The van der Waals surface area contributed by atoms with Crippen LogP contribution in [0.1, 0.15) is 18.7 Å². The van der Waals surface area contributed by atoms with Crippen LogP contribution in [-0.2, 0) is 4.79 Å². The molecule has 2 aliphatic rings. The SMILES string of the molecule is Cc1nc(N2CCCC2)cc(N2CCN(C(=O)COc3ccc(Cl)cc3)CC2)n1. The number of amides is 1. The molecule has 1 amide bonds. The standard InChI is InChI=1S/C21H26ClN5O2/c1-16-23-19(25-8-2-3-9-25)14-20(24-16)26-10-12-27(13-11-26)21(28)15-29-18-6-4-17(22)5-7-18/h4-7,14H,2-3,8-13,15H2,1H3. The largest absolute Gasteiger partial charge is 0.484 e. The van der Waals surface area contributed by atoms with E-state index < -0.39 is 0 Å². The van der Waals surface area contributed by atoms with Gasteiger partial charge in [0.15, 0.2) is 6.61 Å². The minimum atomic E-state index is -0.00350. The lowest BCUT2D eigenvalue weighted by molar-refractivity contribution is -0.133. The highest BCUT2D eigenvalue weighted by molar-refractivity contribution is 6.30. The average Bonchev–Trinajstić information content (AvgIpc) is 3.28. The number of aryl methyl sites for hydroxylation is 1. The zero-order valence-electron chi connectivity index (χ0n) is 16.7. The van der Waals surface area contributed by atoms with E-state index in [4.69, 9.17) is 16.3 Å². The number of carbonyl (C=O) groups excluding carboxylic acids is 1. The first-order valence-corrected chi connectivity index (χ1v) is 10.5. The summed E-state index contributed by atoms with van der Waals surface area (Å²) in [6, 6.07) is 9.12. The fraction of sp³-hybridized carbons (Fsp3) is 0.476. The number of rotatable bonds is 5. The van der Waals surface area contributed by atoms with E-state index >= 15 is 0 Å². The number of halogens is 1. The Morgan fingerprint density at radius 2 is 1.55 bits per heavy atom. The van der Waals surface area contributed by atoms with Crippen LogP contribution in [0.2, 0.25) is 5.02 Å². The average molecular weight is 416 g/mol. The maximum atomic E-state index is 12.5. The number of hydrogen-bond donors (Lipinski definition) is 0. The molecule has 2 aliphatic heterocycles. The molecule has 0 unspecified atom stereocenters. The summed E-state index contributed by atoms with van der Waals surface area (Å²) in [5.74, 6) is 3.39. The first-order valence-electron chi connectivity index (χ1n) is 10.1. The van der Waals surface area contributed by atoms with Gasteiger partial charge in [-0.1, -0.05) is 11.6 Å². The molecule has 0 atom stereocenters. The van der Waals surface area contributed by atoms with Gasteiger partial charge >= 0.3 is 0 Å². The van der Waals surface area contributed by atoms with Crippen molar-refractivity contribution in [2.24, 2.45) is 0 Å². The lowest BCUT2D eigenvalue weighted by Crippen LogP contribution is -2.50. The Hall–Kier alpha value is -2.54. The van der Waals surface area contributed by atoms with Gasteiger partial charge < -0.3 is 19.4 Å². The highest BCUT2D eigenvalue weighted by atomic mass is 35.5. The Morgan fingerprint density at radius 1 is 0.966 bits per heavy atom. The maximum Gasteiger partial charge on any atom is 0.260 e. The molecule has 154 valence electrons. The topological polar surface area (TPSA) is 61.8 Å². The Bertz CT molecular complexity index is 847. The zero-order chi connectivity index (χ0) is 20.2. The number of carbonyl (C=O) groups is 1. The van der Waals surface area contributed by atoms with Gasteiger partial charge in [0.25, 0.3) is 5.91 Å². The van der Waals surface area contributed by atoms with Gasteiger partial charge in [-0.3, -0.25) is 4.79 Å². The fourth-order valence-electron chi connectivity index (χ4n) is 3.76. The molecule has 1 aromatic carbocycles. The highest BCUT2D eigenvalue weighted by Gasteiger charge is 2.24. The van der Waals surface area contributed by atoms with E-state index in [1.165, 1.54) is 12.8 Å². The second-order valence-corrected chi connectivity index (χ2v) is 7.87. The molecule has 4 rings (SSSR count). The molecule has 0 aliphatic carbocycles. The van der Waals surface area contributed by atoms with Crippen molar-refractivity contribution >= 4 is 29.1 Å². The molecule has 1 aromatic heterocycles. The third-order valence-corrected chi connectivity index (χ3v) is 5.63. The van der Waals surface area contributed by atoms with Crippen molar-refractivity contribution in [1.82, 2.24) is 14.9 Å². The number of nitrogens with zero attached hydrogens (tertiary/aromatic N) is 5. The second-order valence-electron chi connectivity index (χ2n) is 7.44. The number of anilines is 2. The van der Waals surface area contributed by atoms with Crippen molar-refractivity contribution in [1.29, 1.82) is 0 Å². The molecule has 7 nitrogen and oxygen atoms in total. The van der Waals surface area contributed by atoms with Crippen LogP contribution < -0.4 is 14.5 Å².